The van der Waals surface area contributed by atoms with Crippen molar-refractivity contribution in [1.82, 2.24) is 10.1 Å². The summed E-state index contributed by atoms with van der Waals surface area (Å²) in [6.45, 7) is 3.57. The molecule has 0 aromatic carbocycles. The summed E-state index contributed by atoms with van der Waals surface area (Å²) >= 11 is 0. The van der Waals surface area contributed by atoms with E-state index in [0.717, 1.165) is 0 Å². The van der Waals surface area contributed by atoms with Gasteiger partial charge in [0, 0.05) is 4.91 Å². The van der Waals surface area contributed by atoms with Gasteiger partial charge in [0.1, 0.15) is 6.54 Å². The van der Waals surface area contributed by atoms with Gasteiger partial charge in [-0.05, 0) is 19.4 Å². The lowest BCUT2D eigenvalue weighted by Gasteiger charge is -2.11. The van der Waals surface area contributed by atoms with Crippen LogP contribution in [0.15, 0.2) is 9.64 Å². The molecule has 13 heavy (non-hydrogen) atoms. The Kier molecular flexibility index (Phi) is 2.50. The van der Waals surface area contributed by atoms with Crippen LogP contribution in [0.5, 0.6) is 0 Å². The highest BCUT2D eigenvalue weighted by Gasteiger charge is 2.20. The molecular formula is C6H10N6O. The number of rotatable bonds is 3. The van der Waals surface area contributed by atoms with Crippen LogP contribution in [-0.2, 0) is 12.1 Å². The van der Waals surface area contributed by atoms with Crippen molar-refractivity contribution in [2.75, 3.05) is 0 Å². The lowest BCUT2D eigenvalue weighted by atomic mass is 10.1. The number of nitrogens with two attached hydrogens (primary N) is 1. The van der Waals surface area contributed by atoms with E-state index in [0.29, 0.717) is 5.82 Å². The molecule has 70 valence electrons. The zero-order valence-corrected chi connectivity index (χ0v) is 7.43. The van der Waals surface area contributed by atoms with Gasteiger partial charge in [-0.25, -0.2) is 0 Å². The van der Waals surface area contributed by atoms with E-state index >= 15 is 0 Å². The Hall–Kier alpha value is -1.59. The molecular weight excluding hydrogens is 172 g/mol. The van der Waals surface area contributed by atoms with Crippen LogP contribution in [0.25, 0.3) is 10.4 Å². The van der Waals surface area contributed by atoms with Crippen LogP contribution in [0.1, 0.15) is 25.6 Å². The smallest absolute Gasteiger partial charge is 0.232 e. The maximum Gasteiger partial charge on any atom is 0.232 e. The Balaban J connectivity index is 2.80. The van der Waals surface area contributed by atoms with Crippen LogP contribution in [-0.4, -0.2) is 10.1 Å². The highest BCUT2D eigenvalue weighted by Crippen LogP contribution is 2.12. The normalized spacial score (nSPS) is 11.0. The van der Waals surface area contributed by atoms with Crippen molar-refractivity contribution in [3.8, 4) is 0 Å². The van der Waals surface area contributed by atoms with Crippen molar-refractivity contribution in [2.24, 2.45) is 10.8 Å². The van der Waals surface area contributed by atoms with Crippen LogP contribution in [0.2, 0.25) is 0 Å². The van der Waals surface area contributed by atoms with Crippen LogP contribution < -0.4 is 5.73 Å². The van der Waals surface area contributed by atoms with E-state index in [9.17, 15) is 0 Å². The van der Waals surface area contributed by atoms with Gasteiger partial charge in [-0.2, -0.15) is 4.98 Å². The minimum atomic E-state index is -0.641. The highest BCUT2D eigenvalue weighted by molar-refractivity contribution is 4.98. The van der Waals surface area contributed by atoms with E-state index in [4.69, 9.17) is 15.8 Å². The third kappa shape index (κ3) is 2.43. The van der Waals surface area contributed by atoms with Gasteiger partial charge in [0.15, 0.2) is 5.82 Å². The Morgan fingerprint density at radius 1 is 1.69 bits per heavy atom. The van der Waals surface area contributed by atoms with E-state index in [1.807, 2.05) is 0 Å². The summed E-state index contributed by atoms with van der Waals surface area (Å²) in [5.41, 5.74) is 13.1. The molecule has 0 bridgehead atoms. The lowest BCUT2D eigenvalue weighted by Crippen LogP contribution is -2.30. The molecule has 0 spiro atoms. The number of aromatic nitrogens is 2. The molecule has 0 aliphatic carbocycles. The van der Waals surface area contributed by atoms with Gasteiger partial charge in [0.05, 0.1) is 5.54 Å². The molecule has 1 aromatic heterocycles. The zero-order valence-electron chi connectivity index (χ0n) is 7.43. The molecule has 0 unspecified atom stereocenters. The third-order valence-electron chi connectivity index (χ3n) is 1.31. The molecule has 0 saturated heterocycles. The van der Waals surface area contributed by atoms with Crippen molar-refractivity contribution in [1.29, 1.82) is 0 Å². The number of hydrogen-bond acceptors (Lipinski definition) is 5. The second-order valence-corrected chi connectivity index (χ2v) is 3.12. The summed E-state index contributed by atoms with van der Waals surface area (Å²) in [5.74, 6) is 0.668. The molecule has 0 amide bonds. The first-order valence-electron chi connectivity index (χ1n) is 3.67. The third-order valence-corrected chi connectivity index (χ3v) is 1.31. The molecule has 0 atom stereocenters. The Bertz CT molecular complexity index is 331. The Morgan fingerprint density at radius 3 is 2.85 bits per heavy atom. The topological polar surface area (TPSA) is 114 Å². The maximum atomic E-state index is 8.04. The monoisotopic (exact) mass is 182 g/mol. The zero-order chi connectivity index (χ0) is 9.90. The summed E-state index contributed by atoms with van der Waals surface area (Å²) in [7, 11) is 0. The van der Waals surface area contributed by atoms with Gasteiger partial charge < -0.3 is 10.3 Å². The molecule has 1 aromatic rings. The van der Waals surface area contributed by atoms with Crippen LogP contribution >= 0.6 is 0 Å². The van der Waals surface area contributed by atoms with Crippen molar-refractivity contribution < 1.29 is 4.52 Å². The quantitative estimate of drug-likeness (QED) is 0.427. The Labute approximate surface area is 74.5 Å². The molecule has 0 radical (unpaired) electrons. The van der Waals surface area contributed by atoms with Crippen LogP contribution in [0.3, 0.4) is 0 Å². The van der Waals surface area contributed by atoms with Gasteiger partial charge in [0.2, 0.25) is 5.89 Å². The average Bonchev–Trinajstić information content (AvgIpc) is 2.47. The predicted octanol–water partition coefficient (Wildman–Crippen LogP) is 1.07. The van der Waals surface area contributed by atoms with E-state index in [1.165, 1.54) is 0 Å². The first kappa shape index (κ1) is 9.50. The van der Waals surface area contributed by atoms with Crippen LogP contribution in [0, 0.1) is 0 Å². The molecule has 0 aliphatic heterocycles. The molecule has 2 N–H and O–H groups in total. The highest BCUT2D eigenvalue weighted by atomic mass is 16.5. The molecule has 1 heterocycles. The second kappa shape index (κ2) is 3.42. The summed E-state index contributed by atoms with van der Waals surface area (Å²) in [6.07, 6.45) is 0. The van der Waals surface area contributed by atoms with E-state index in [2.05, 4.69) is 20.2 Å². The van der Waals surface area contributed by atoms with Gasteiger partial charge in [-0.1, -0.05) is 10.3 Å². The molecule has 1 rings (SSSR count). The largest absolute Gasteiger partial charge is 0.339 e. The predicted molar refractivity (Wildman–Crippen MR) is 44.4 cm³/mol. The summed E-state index contributed by atoms with van der Waals surface area (Å²) in [5, 5.41) is 6.93. The SMILES string of the molecule is CC(C)(N)c1noc(CN=[N+]=[N-])n1. The van der Waals surface area contributed by atoms with Crippen molar-refractivity contribution in [3.05, 3.63) is 22.2 Å². The minimum Gasteiger partial charge on any atom is -0.339 e. The molecule has 0 aliphatic rings. The molecule has 7 heteroatoms. The summed E-state index contributed by atoms with van der Waals surface area (Å²) < 4.78 is 4.79. The second-order valence-electron chi connectivity index (χ2n) is 3.12. The average molecular weight is 182 g/mol. The van der Waals surface area contributed by atoms with Gasteiger partial charge in [-0.3, -0.25) is 0 Å². The first-order valence-corrected chi connectivity index (χ1v) is 3.67. The minimum absolute atomic E-state index is 0.0551. The fourth-order valence-corrected chi connectivity index (χ4v) is 0.673. The van der Waals surface area contributed by atoms with Crippen molar-refractivity contribution in [2.45, 2.75) is 25.9 Å². The van der Waals surface area contributed by atoms with Gasteiger partial charge >= 0.3 is 0 Å². The lowest BCUT2D eigenvalue weighted by molar-refractivity contribution is 0.361. The fourth-order valence-electron chi connectivity index (χ4n) is 0.673. The fraction of sp³-hybridized carbons (Fsp3) is 0.667. The van der Waals surface area contributed by atoms with Crippen molar-refractivity contribution >= 4 is 0 Å². The number of nitrogens with zero attached hydrogens (tertiary/aromatic N) is 5. The van der Waals surface area contributed by atoms with E-state index < -0.39 is 5.54 Å². The number of hydrogen-bond donors (Lipinski definition) is 1. The first-order chi connectivity index (χ1) is 6.04. The number of azide groups is 1. The standard InChI is InChI=1S/C6H10N6O/c1-6(2,7)5-10-4(13-11-5)3-9-12-8/h3,7H2,1-2H3. The van der Waals surface area contributed by atoms with Gasteiger partial charge in [-0.15, -0.1) is 0 Å². The van der Waals surface area contributed by atoms with E-state index in [-0.39, 0.29) is 12.4 Å². The van der Waals surface area contributed by atoms with E-state index in [1.54, 1.807) is 13.8 Å². The van der Waals surface area contributed by atoms with Crippen LogP contribution in [0.4, 0.5) is 0 Å². The Morgan fingerprint density at radius 2 is 2.38 bits per heavy atom. The van der Waals surface area contributed by atoms with Crippen molar-refractivity contribution in [3.63, 3.8) is 0 Å². The maximum absolute atomic E-state index is 8.04. The molecule has 7 nitrogen and oxygen atoms in total. The summed E-state index contributed by atoms with van der Waals surface area (Å²) in [6, 6.07) is 0. The van der Waals surface area contributed by atoms with Gasteiger partial charge in [0.25, 0.3) is 0 Å². The molecule has 0 fully saturated rings. The molecule has 0 saturated carbocycles. The summed E-state index contributed by atoms with van der Waals surface area (Å²) in [4.78, 5) is 6.52.